The summed E-state index contributed by atoms with van der Waals surface area (Å²) < 4.78 is 23.7. The average Bonchev–Trinajstić information content (AvgIpc) is 2.39. The van der Waals surface area contributed by atoms with E-state index >= 15 is 0 Å². The van der Waals surface area contributed by atoms with Gasteiger partial charge in [-0.25, -0.2) is 8.42 Å². The smallest absolute Gasteiger partial charge is 0.307 e. The van der Waals surface area contributed by atoms with E-state index in [0.29, 0.717) is 16.9 Å². The van der Waals surface area contributed by atoms with Crippen LogP contribution in [0.25, 0.3) is 0 Å². The van der Waals surface area contributed by atoms with Gasteiger partial charge in [-0.3, -0.25) is 4.79 Å². The molecule has 86 valence electrons. The Hall–Kier alpha value is -1.36. The van der Waals surface area contributed by atoms with E-state index in [1.165, 1.54) is 6.07 Å². The molecular formula is C11H12O4S. The molecule has 1 aliphatic rings. The van der Waals surface area contributed by atoms with Gasteiger partial charge in [-0.05, 0) is 30.5 Å². The summed E-state index contributed by atoms with van der Waals surface area (Å²) >= 11 is 0. The van der Waals surface area contributed by atoms with Gasteiger partial charge in [0.25, 0.3) is 0 Å². The maximum atomic E-state index is 11.9. The number of fused-ring (bicyclic) bond motifs is 1. The van der Waals surface area contributed by atoms with Crippen LogP contribution in [0, 0.1) is 0 Å². The quantitative estimate of drug-likeness (QED) is 0.838. The molecule has 0 saturated carbocycles. The highest BCUT2D eigenvalue weighted by molar-refractivity contribution is 7.92. The molecule has 0 bridgehead atoms. The third-order valence-corrected chi connectivity index (χ3v) is 5.05. The molecule has 1 heterocycles. The molecule has 0 fully saturated rings. The Labute approximate surface area is 93.8 Å². The highest BCUT2D eigenvalue weighted by Crippen LogP contribution is 2.31. The number of rotatable bonds is 2. The van der Waals surface area contributed by atoms with E-state index < -0.39 is 21.1 Å². The van der Waals surface area contributed by atoms with Gasteiger partial charge in [0, 0.05) is 0 Å². The third kappa shape index (κ3) is 1.71. The molecule has 16 heavy (non-hydrogen) atoms. The van der Waals surface area contributed by atoms with Crippen molar-refractivity contribution in [2.45, 2.75) is 29.9 Å². The maximum Gasteiger partial charge on any atom is 0.307 e. The van der Waals surface area contributed by atoms with Crippen molar-refractivity contribution < 1.29 is 18.3 Å². The van der Waals surface area contributed by atoms with Gasteiger partial charge in [-0.2, -0.15) is 0 Å². The Bertz CT molecular complexity index is 545. The number of hydrogen-bond acceptors (Lipinski definition) is 3. The van der Waals surface area contributed by atoms with Crippen LogP contribution in [-0.4, -0.2) is 24.7 Å². The second-order valence-corrected chi connectivity index (χ2v) is 6.41. The van der Waals surface area contributed by atoms with Crippen molar-refractivity contribution in [2.75, 3.05) is 0 Å². The van der Waals surface area contributed by atoms with Crippen LogP contribution < -0.4 is 0 Å². The summed E-state index contributed by atoms with van der Waals surface area (Å²) in [5.41, 5.74) is 1.32. The van der Waals surface area contributed by atoms with Gasteiger partial charge in [0.1, 0.15) is 0 Å². The lowest BCUT2D eigenvalue weighted by Gasteiger charge is -2.02. The van der Waals surface area contributed by atoms with Crippen LogP contribution in [-0.2, 0) is 27.5 Å². The van der Waals surface area contributed by atoms with Gasteiger partial charge in [0.15, 0.2) is 9.84 Å². The Balaban J connectivity index is 2.48. The number of sulfone groups is 1. The number of hydrogen-bond donors (Lipinski definition) is 1. The molecule has 1 aliphatic heterocycles. The molecule has 0 aromatic heterocycles. The van der Waals surface area contributed by atoms with Crippen molar-refractivity contribution in [3.05, 3.63) is 29.3 Å². The van der Waals surface area contributed by atoms with Crippen LogP contribution in [0.2, 0.25) is 0 Å². The zero-order valence-electron chi connectivity index (χ0n) is 8.80. The molecule has 1 aromatic carbocycles. The maximum absolute atomic E-state index is 11.9. The summed E-state index contributed by atoms with van der Waals surface area (Å²) in [5, 5.41) is 8.25. The molecule has 0 saturated heterocycles. The Kier molecular flexibility index (Phi) is 2.50. The van der Waals surface area contributed by atoms with Crippen molar-refractivity contribution in [2.24, 2.45) is 0 Å². The molecule has 4 nitrogen and oxygen atoms in total. The second kappa shape index (κ2) is 3.59. The van der Waals surface area contributed by atoms with Crippen LogP contribution in [0.15, 0.2) is 23.1 Å². The van der Waals surface area contributed by atoms with E-state index in [1.54, 1.807) is 19.1 Å². The van der Waals surface area contributed by atoms with Gasteiger partial charge >= 0.3 is 5.97 Å². The normalized spacial score (nSPS) is 21.7. The first-order chi connectivity index (χ1) is 7.41. The molecule has 0 spiro atoms. The lowest BCUT2D eigenvalue weighted by Crippen LogP contribution is -2.11. The molecule has 1 unspecified atom stereocenters. The highest BCUT2D eigenvalue weighted by Gasteiger charge is 2.33. The van der Waals surface area contributed by atoms with Crippen molar-refractivity contribution in [3.63, 3.8) is 0 Å². The first-order valence-corrected chi connectivity index (χ1v) is 6.53. The van der Waals surface area contributed by atoms with Crippen molar-refractivity contribution in [1.29, 1.82) is 0 Å². The summed E-state index contributed by atoms with van der Waals surface area (Å²) in [4.78, 5) is 10.8. The largest absolute Gasteiger partial charge is 0.481 e. The van der Waals surface area contributed by atoms with Gasteiger partial charge in [0.2, 0.25) is 0 Å². The first-order valence-electron chi connectivity index (χ1n) is 4.99. The number of benzene rings is 1. The van der Waals surface area contributed by atoms with E-state index in [2.05, 4.69) is 0 Å². The fraction of sp³-hybridized carbons (Fsp3) is 0.364. The van der Waals surface area contributed by atoms with Gasteiger partial charge in [-0.15, -0.1) is 0 Å². The summed E-state index contributed by atoms with van der Waals surface area (Å²) in [5.74, 6) is -0.955. The highest BCUT2D eigenvalue weighted by atomic mass is 32.2. The van der Waals surface area contributed by atoms with E-state index in [4.69, 9.17) is 5.11 Å². The van der Waals surface area contributed by atoms with Gasteiger partial charge in [0.05, 0.1) is 16.6 Å². The molecular weight excluding hydrogens is 228 g/mol. The monoisotopic (exact) mass is 240 g/mol. The molecule has 0 radical (unpaired) electrons. The standard InChI is InChI=1S/C11H12O4S/c1-7-4-9-3-2-8(6-11(12)13)5-10(9)16(7,14)15/h2-3,5,7H,4,6H2,1H3,(H,12,13). The fourth-order valence-corrected chi connectivity index (χ4v) is 3.62. The summed E-state index contributed by atoms with van der Waals surface area (Å²) in [6.45, 7) is 1.67. The molecule has 1 atom stereocenters. The minimum Gasteiger partial charge on any atom is -0.481 e. The van der Waals surface area contributed by atoms with Crippen LogP contribution in [0.1, 0.15) is 18.1 Å². The lowest BCUT2D eigenvalue weighted by molar-refractivity contribution is -0.136. The third-order valence-electron chi connectivity index (χ3n) is 2.83. The van der Waals surface area contributed by atoms with E-state index in [9.17, 15) is 13.2 Å². The van der Waals surface area contributed by atoms with Crippen molar-refractivity contribution >= 4 is 15.8 Å². The van der Waals surface area contributed by atoms with Crippen molar-refractivity contribution in [3.8, 4) is 0 Å². The summed E-state index contributed by atoms with van der Waals surface area (Å²) in [6, 6.07) is 4.89. The fourth-order valence-electron chi connectivity index (χ4n) is 1.95. The average molecular weight is 240 g/mol. The number of carboxylic acid groups (broad SMARTS) is 1. The summed E-state index contributed by atoms with van der Waals surface area (Å²) in [7, 11) is -3.24. The number of aliphatic carboxylic acids is 1. The van der Waals surface area contributed by atoms with Crippen LogP contribution in [0.4, 0.5) is 0 Å². The summed E-state index contributed by atoms with van der Waals surface area (Å²) in [6.07, 6.45) is 0.377. The van der Waals surface area contributed by atoms with Crippen LogP contribution in [0.5, 0.6) is 0 Å². The number of carboxylic acids is 1. The minimum atomic E-state index is -3.24. The molecule has 1 aromatic rings. The minimum absolute atomic E-state index is 0.142. The predicted molar refractivity (Wildman–Crippen MR) is 58.1 cm³/mol. The van der Waals surface area contributed by atoms with E-state index in [0.717, 1.165) is 5.56 Å². The number of carbonyl (C=O) groups is 1. The topological polar surface area (TPSA) is 71.4 Å². The van der Waals surface area contributed by atoms with Gasteiger partial charge < -0.3 is 5.11 Å². The van der Waals surface area contributed by atoms with E-state index in [1.807, 2.05) is 0 Å². The molecule has 0 aliphatic carbocycles. The molecule has 0 amide bonds. The lowest BCUT2D eigenvalue weighted by atomic mass is 10.1. The zero-order chi connectivity index (χ0) is 11.9. The predicted octanol–water partition coefficient (Wildman–Crippen LogP) is 1.03. The van der Waals surface area contributed by atoms with Crippen LogP contribution in [0.3, 0.4) is 0 Å². The molecule has 2 rings (SSSR count). The SMILES string of the molecule is CC1Cc2ccc(CC(=O)O)cc2S1(=O)=O. The van der Waals surface area contributed by atoms with Crippen molar-refractivity contribution in [1.82, 2.24) is 0 Å². The Morgan fingerprint density at radius 1 is 1.50 bits per heavy atom. The zero-order valence-corrected chi connectivity index (χ0v) is 9.62. The van der Waals surface area contributed by atoms with Crippen LogP contribution >= 0.6 is 0 Å². The Morgan fingerprint density at radius 3 is 2.81 bits per heavy atom. The Morgan fingerprint density at radius 2 is 2.19 bits per heavy atom. The molecule has 5 heteroatoms. The van der Waals surface area contributed by atoms with E-state index in [-0.39, 0.29) is 6.42 Å². The second-order valence-electron chi connectivity index (χ2n) is 4.07. The molecule has 1 N–H and O–H groups in total. The van der Waals surface area contributed by atoms with Gasteiger partial charge in [-0.1, -0.05) is 12.1 Å². The first kappa shape index (κ1) is 11.1.